The van der Waals surface area contributed by atoms with Crippen molar-refractivity contribution in [3.8, 4) is 5.75 Å². The molecule has 0 unspecified atom stereocenters. The Hall–Kier alpha value is -1.26. The van der Waals surface area contributed by atoms with E-state index in [9.17, 15) is 4.79 Å². The van der Waals surface area contributed by atoms with Crippen LogP contribution in [-0.4, -0.2) is 11.2 Å². The van der Waals surface area contributed by atoms with E-state index in [1.807, 2.05) is 12.1 Å². The van der Waals surface area contributed by atoms with Gasteiger partial charge in [0.1, 0.15) is 5.75 Å². The zero-order chi connectivity index (χ0) is 13.4. The Balaban J connectivity index is 2.04. The van der Waals surface area contributed by atoms with Crippen molar-refractivity contribution in [2.45, 2.75) is 13.0 Å². The number of benzene rings is 1. The topological polar surface area (TPSA) is 31.2 Å². The molecule has 0 radical (unpaired) electrons. The first-order chi connectivity index (χ1) is 9.13. The van der Waals surface area contributed by atoms with E-state index in [0.29, 0.717) is 18.2 Å². The maximum atomic E-state index is 11.8. The molecule has 19 heavy (non-hydrogen) atoms. The van der Waals surface area contributed by atoms with E-state index >= 15 is 0 Å². The van der Waals surface area contributed by atoms with Gasteiger partial charge in [0.25, 0.3) is 5.56 Å². The van der Waals surface area contributed by atoms with Gasteiger partial charge in [0.2, 0.25) is 0 Å². The minimum atomic E-state index is -0.0464. The Morgan fingerprint density at radius 2 is 2.21 bits per heavy atom. The van der Waals surface area contributed by atoms with Gasteiger partial charge in [0.05, 0.1) is 13.2 Å². The van der Waals surface area contributed by atoms with E-state index in [-0.39, 0.29) is 5.56 Å². The number of rotatable bonds is 2. The Bertz CT molecular complexity index is 696. The molecule has 0 saturated carbocycles. The number of hydrogen-bond acceptors (Lipinski definition) is 2. The van der Waals surface area contributed by atoms with Gasteiger partial charge in [-0.05, 0) is 39.7 Å². The number of nitrogens with zero attached hydrogens (tertiary/aromatic N) is 1. The van der Waals surface area contributed by atoms with Gasteiger partial charge in [-0.2, -0.15) is 0 Å². The SMILES string of the molecule is O=c1ccc(Br)cn1Cc1cc(Cl)cc2c1OCC2. The van der Waals surface area contributed by atoms with Crippen molar-refractivity contribution in [3.63, 3.8) is 0 Å². The van der Waals surface area contributed by atoms with Crippen LogP contribution in [-0.2, 0) is 13.0 Å². The summed E-state index contributed by atoms with van der Waals surface area (Å²) in [5, 5.41) is 0.683. The number of ether oxygens (including phenoxy) is 1. The second-order valence-electron chi connectivity index (χ2n) is 4.47. The normalized spacial score (nSPS) is 13.2. The van der Waals surface area contributed by atoms with Crippen LogP contribution < -0.4 is 10.3 Å². The van der Waals surface area contributed by atoms with Gasteiger partial charge in [-0.1, -0.05) is 11.6 Å². The average Bonchev–Trinajstić information content (AvgIpc) is 2.82. The van der Waals surface area contributed by atoms with Crippen LogP contribution in [0.3, 0.4) is 0 Å². The van der Waals surface area contributed by atoms with Crippen molar-refractivity contribution in [3.05, 3.63) is 61.4 Å². The third-order valence-corrected chi connectivity index (χ3v) is 3.80. The van der Waals surface area contributed by atoms with Crippen LogP contribution in [0.2, 0.25) is 5.02 Å². The van der Waals surface area contributed by atoms with Gasteiger partial charge in [-0.15, -0.1) is 0 Å². The van der Waals surface area contributed by atoms with E-state index in [0.717, 1.165) is 27.8 Å². The van der Waals surface area contributed by atoms with Crippen LogP contribution in [0.15, 0.2) is 39.7 Å². The summed E-state index contributed by atoms with van der Waals surface area (Å²) in [6.45, 7) is 1.14. The van der Waals surface area contributed by atoms with Crippen LogP contribution >= 0.6 is 27.5 Å². The maximum absolute atomic E-state index is 11.8. The van der Waals surface area contributed by atoms with Crippen LogP contribution in [0.25, 0.3) is 0 Å². The summed E-state index contributed by atoms with van der Waals surface area (Å²) in [5.41, 5.74) is 2.01. The zero-order valence-corrected chi connectivity index (χ0v) is 12.4. The van der Waals surface area contributed by atoms with E-state index in [2.05, 4.69) is 15.9 Å². The summed E-state index contributed by atoms with van der Waals surface area (Å²) in [5.74, 6) is 0.872. The Kier molecular flexibility index (Phi) is 3.37. The number of aromatic nitrogens is 1. The highest BCUT2D eigenvalue weighted by atomic mass is 79.9. The fraction of sp³-hybridized carbons (Fsp3) is 0.214. The molecular formula is C14H11BrClNO2. The smallest absolute Gasteiger partial charge is 0.250 e. The minimum absolute atomic E-state index is 0.0464. The molecule has 2 heterocycles. The minimum Gasteiger partial charge on any atom is -0.493 e. The Morgan fingerprint density at radius 1 is 1.37 bits per heavy atom. The number of pyridine rings is 1. The van der Waals surface area contributed by atoms with Crippen molar-refractivity contribution in [1.82, 2.24) is 4.57 Å². The molecule has 0 bridgehead atoms. The first kappa shape index (κ1) is 12.8. The lowest BCUT2D eigenvalue weighted by atomic mass is 10.1. The van der Waals surface area contributed by atoms with Crippen molar-refractivity contribution < 1.29 is 4.74 Å². The van der Waals surface area contributed by atoms with E-state index in [4.69, 9.17) is 16.3 Å². The monoisotopic (exact) mass is 339 g/mol. The van der Waals surface area contributed by atoms with Gasteiger partial charge < -0.3 is 9.30 Å². The predicted molar refractivity (Wildman–Crippen MR) is 78.2 cm³/mol. The van der Waals surface area contributed by atoms with Crippen molar-refractivity contribution in [2.75, 3.05) is 6.61 Å². The summed E-state index contributed by atoms with van der Waals surface area (Å²) in [6.07, 6.45) is 2.64. The first-order valence-corrected chi connectivity index (χ1v) is 7.11. The molecule has 3 nitrogen and oxygen atoms in total. The zero-order valence-electron chi connectivity index (χ0n) is 10.0. The number of hydrogen-bond donors (Lipinski definition) is 0. The van der Waals surface area contributed by atoms with E-state index in [1.165, 1.54) is 6.07 Å². The molecule has 1 aliphatic heterocycles. The number of halogens is 2. The molecule has 5 heteroatoms. The molecule has 3 rings (SSSR count). The summed E-state index contributed by atoms with van der Waals surface area (Å²) in [4.78, 5) is 11.8. The molecule has 0 fully saturated rings. The summed E-state index contributed by atoms with van der Waals surface area (Å²) in [6, 6.07) is 7.06. The molecule has 0 atom stereocenters. The fourth-order valence-corrected chi connectivity index (χ4v) is 2.92. The van der Waals surface area contributed by atoms with Crippen molar-refractivity contribution in [1.29, 1.82) is 0 Å². The molecule has 98 valence electrons. The lowest BCUT2D eigenvalue weighted by Crippen LogP contribution is -2.19. The van der Waals surface area contributed by atoms with E-state index in [1.54, 1.807) is 16.8 Å². The van der Waals surface area contributed by atoms with Crippen LogP contribution in [0.5, 0.6) is 5.75 Å². The number of fused-ring (bicyclic) bond motifs is 1. The largest absolute Gasteiger partial charge is 0.493 e. The molecular weight excluding hydrogens is 330 g/mol. The third-order valence-electron chi connectivity index (χ3n) is 3.11. The van der Waals surface area contributed by atoms with Gasteiger partial charge >= 0.3 is 0 Å². The van der Waals surface area contributed by atoms with Gasteiger partial charge in [-0.3, -0.25) is 4.79 Å². The molecule has 0 amide bonds. The standard InChI is InChI=1S/C14H11BrClNO2/c15-11-1-2-13(18)17(8-11)7-10-6-12(16)5-9-3-4-19-14(9)10/h1-2,5-6,8H,3-4,7H2. The van der Waals surface area contributed by atoms with Crippen molar-refractivity contribution >= 4 is 27.5 Å². The highest BCUT2D eigenvalue weighted by molar-refractivity contribution is 9.10. The highest BCUT2D eigenvalue weighted by Gasteiger charge is 2.18. The average molecular weight is 341 g/mol. The molecule has 0 saturated heterocycles. The van der Waals surface area contributed by atoms with Gasteiger partial charge in [-0.25, -0.2) is 0 Å². The second-order valence-corrected chi connectivity index (χ2v) is 5.82. The fourth-order valence-electron chi connectivity index (χ4n) is 2.27. The molecule has 0 spiro atoms. The Labute approximate surface area is 123 Å². The third kappa shape index (κ3) is 2.55. The predicted octanol–water partition coefficient (Wildman–Crippen LogP) is 3.25. The summed E-state index contributed by atoms with van der Waals surface area (Å²) < 4.78 is 8.15. The molecule has 2 aromatic rings. The summed E-state index contributed by atoms with van der Waals surface area (Å²) in [7, 11) is 0. The van der Waals surface area contributed by atoms with Crippen LogP contribution in [0.4, 0.5) is 0 Å². The lowest BCUT2D eigenvalue weighted by Gasteiger charge is -2.11. The van der Waals surface area contributed by atoms with Gasteiger partial charge in [0.15, 0.2) is 0 Å². The quantitative estimate of drug-likeness (QED) is 0.840. The Morgan fingerprint density at radius 3 is 3.05 bits per heavy atom. The lowest BCUT2D eigenvalue weighted by molar-refractivity contribution is 0.352. The first-order valence-electron chi connectivity index (χ1n) is 5.93. The molecule has 1 aromatic carbocycles. The molecule has 0 aliphatic carbocycles. The van der Waals surface area contributed by atoms with E-state index < -0.39 is 0 Å². The van der Waals surface area contributed by atoms with Crippen molar-refractivity contribution in [2.24, 2.45) is 0 Å². The molecule has 1 aromatic heterocycles. The maximum Gasteiger partial charge on any atom is 0.250 e. The van der Waals surface area contributed by atoms with Crippen LogP contribution in [0.1, 0.15) is 11.1 Å². The summed E-state index contributed by atoms with van der Waals surface area (Å²) >= 11 is 9.48. The highest BCUT2D eigenvalue weighted by Crippen LogP contribution is 2.33. The van der Waals surface area contributed by atoms with Crippen LogP contribution in [0, 0.1) is 0 Å². The molecule has 0 N–H and O–H groups in total. The molecule has 1 aliphatic rings. The van der Waals surface area contributed by atoms with Gasteiger partial charge in [0, 0.05) is 33.7 Å². The second kappa shape index (κ2) is 5.02.